The molecule has 0 spiro atoms. The molecule has 4 bridgehead atoms. The van der Waals surface area contributed by atoms with Crippen LogP contribution in [0, 0.1) is 23.2 Å². The predicted octanol–water partition coefficient (Wildman–Crippen LogP) is 6.64. The van der Waals surface area contributed by atoms with E-state index in [0.717, 1.165) is 70.6 Å². The van der Waals surface area contributed by atoms with Gasteiger partial charge in [0.25, 0.3) is 5.91 Å². The Morgan fingerprint density at radius 2 is 1.43 bits per heavy atom. The number of anilines is 2. The summed E-state index contributed by atoms with van der Waals surface area (Å²) in [5.74, 6) is 2.33. The van der Waals surface area contributed by atoms with Crippen LogP contribution in [0.25, 0.3) is 22.2 Å². The molecule has 4 aliphatic carbocycles. The van der Waals surface area contributed by atoms with Crippen molar-refractivity contribution < 1.29 is 9.59 Å². The number of hydrogen-bond acceptors (Lipinski definition) is 3. The molecule has 0 atom stereocenters. The third-order valence-electron chi connectivity index (χ3n) is 8.79. The number of aromatic nitrogens is 2. The van der Waals surface area contributed by atoms with Gasteiger partial charge in [-0.1, -0.05) is 12.1 Å². The summed E-state index contributed by atoms with van der Waals surface area (Å²) in [5, 5.41) is 7.22. The highest BCUT2D eigenvalue weighted by Crippen LogP contribution is 2.60. The molecule has 8 rings (SSSR count). The maximum atomic E-state index is 13.4. The van der Waals surface area contributed by atoms with Crippen LogP contribution < -0.4 is 10.6 Å². The zero-order chi connectivity index (χ0) is 25.0. The van der Waals surface area contributed by atoms with Crippen LogP contribution in [0.5, 0.6) is 0 Å². The van der Waals surface area contributed by atoms with E-state index in [2.05, 4.69) is 26.7 Å². The molecule has 3 N–H and O–H groups in total. The van der Waals surface area contributed by atoms with Crippen LogP contribution in [0.15, 0.2) is 73.1 Å². The van der Waals surface area contributed by atoms with Gasteiger partial charge in [-0.05, 0) is 110 Å². The lowest BCUT2D eigenvalue weighted by molar-refractivity contribution is -0.140. The fraction of sp³-hybridized carbons (Fsp3) is 0.323. The van der Waals surface area contributed by atoms with Gasteiger partial charge in [0.15, 0.2) is 0 Å². The lowest BCUT2D eigenvalue weighted by Crippen LogP contribution is -2.51. The topological polar surface area (TPSA) is 86.9 Å². The number of amides is 2. The summed E-state index contributed by atoms with van der Waals surface area (Å²) < 4.78 is 0. The van der Waals surface area contributed by atoms with E-state index >= 15 is 0 Å². The van der Waals surface area contributed by atoms with Gasteiger partial charge in [0, 0.05) is 45.9 Å². The van der Waals surface area contributed by atoms with Crippen molar-refractivity contribution in [3.8, 4) is 11.3 Å². The van der Waals surface area contributed by atoms with Crippen molar-refractivity contribution in [3.63, 3.8) is 0 Å². The molecule has 2 heterocycles. The van der Waals surface area contributed by atoms with Crippen molar-refractivity contribution in [1.82, 2.24) is 9.97 Å². The first-order chi connectivity index (χ1) is 18.0. The van der Waals surface area contributed by atoms with Crippen LogP contribution >= 0.6 is 0 Å². The summed E-state index contributed by atoms with van der Waals surface area (Å²) in [4.78, 5) is 33.3. The first-order valence-corrected chi connectivity index (χ1v) is 13.3. The predicted molar refractivity (Wildman–Crippen MR) is 145 cm³/mol. The highest BCUT2D eigenvalue weighted by molar-refractivity contribution is 6.05. The molecule has 0 radical (unpaired) electrons. The van der Waals surface area contributed by atoms with Gasteiger partial charge in [-0.3, -0.25) is 14.6 Å². The number of fused-ring (bicyclic) bond motifs is 1. The number of benzene rings is 2. The number of nitrogens with one attached hydrogen (secondary N) is 3. The molecule has 2 aromatic heterocycles. The van der Waals surface area contributed by atoms with Gasteiger partial charge in [-0.15, -0.1) is 0 Å². The van der Waals surface area contributed by atoms with Gasteiger partial charge in [-0.25, -0.2) is 0 Å². The zero-order valence-electron chi connectivity index (χ0n) is 20.7. The standard InChI is InChI=1S/C31H30N4O2/c36-29(23-7-9-32-10-8-23)33-26-5-6-27-24(14-26)15-28(35-27)22-1-3-25(4-2-22)34-30(37)31-16-19-11-20(17-31)13-21(12-19)18-31/h1-10,14-15,19-21,35H,11-13,16-18H2,(H,33,36)(H,34,37). The second kappa shape index (κ2) is 8.58. The summed E-state index contributed by atoms with van der Waals surface area (Å²) in [5.41, 5.74) is 5.06. The molecule has 186 valence electrons. The Hall–Kier alpha value is -3.93. The molecule has 2 aromatic carbocycles. The van der Waals surface area contributed by atoms with E-state index in [9.17, 15) is 9.59 Å². The number of hydrogen-bond donors (Lipinski definition) is 3. The van der Waals surface area contributed by atoms with Crippen LogP contribution in [-0.4, -0.2) is 21.8 Å². The Kier molecular flexibility index (Phi) is 5.17. The van der Waals surface area contributed by atoms with Gasteiger partial charge < -0.3 is 15.6 Å². The van der Waals surface area contributed by atoms with E-state index in [1.165, 1.54) is 19.3 Å². The van der Waals surface area contributed by atoms with Gasteiger partial charge >= 0.3 is 0 Å². The van der Waals surface area contributed by atoms with E-state index < -0.39 is 0 Å². The number of aromatic amines is 1. The number of nitrogens with zero attached hydrogens (tertiary/aromatic N) is 1. The van der Waals surface area contributed by atoms with E-state index in [1.807, 2.05) is 42.5 Å². The van der Waals surface area contributed by atoms with Crippen molar-refractivity contribution in [2.75, 3.05) is 10.6 Å². The summed E-state index contributed by atoms with van der Waals surface area (Å²) >= 11 is 0. The average Bonchev–Trinajstić information content (AvgIpc) is 3.32. The average molecular weight is 491 g/mol. The molecule has 2 amide bonds. The molecule has 6 nitrogen and oxygen atoms in total. The fourth-order valence-corrected chi connectivity index (χ4v) is 7.46. The molecule has 4 fully saturated rings. The Morgan fingerprint density at radius 3 is 2.11 bits per heavy atom. The molecule has 4 saturated carbocycles. The number of carbonyl (C=O) groups is 2. The molecule has 0 saturated heterocycles. The van der Waals surface area contributed by atoms with Gasteiger partial charge in [0.1, 0.15) is 0 Å². The number of H-pyrrole nitrogens is 1. The first kappa shape index (κ1) is 22.3. The fourth-order valence-electron chi connectivity index (χ4n) is 7.46. The minimum Gasteiger partial charge on any atom is -0.355 e. The largest absolute Gasteiger partial charge is 0.355 e. The number of pyridine rings is 1. The molecule has 0 unspecified atom stereocenters. The minimum absolute atomic E-state index is 0.144. The SMILES string of the molecule is O=C(Nc1ccc2[nH]c(-c3ccc(NC(=O)C45CC6CC(CC(C6)C4)C5)cc3)cc2c1)c1ccncc1. The van der Waals surface area contributed by atoms with E-state index in [0.29, 0.717) is 5.56 Å². The van der Waals surface area contributed by atoms with Crippen LogP contribution in [0.2, 0.25) is 0 Å². The van der Waals surface area contributed by atoms with Crippen molar-refractivity contribution >= 4 is 34.1 Å². The maximum absolute atomic E-state index is 13.4. The summed E-state index contributed by atoms with van der Waals surface area (Å²) in [6.07, 6.45) is 10.4. The van der Waals surface area contributed by atoms with E-state index in [-0.39, 0.29) is 17.2 Å². The van der Waals surface area contributed by atoms with Crippen molar-refractivity contribution in [2.24, 2.45) is 23.2 Å². The quantitative estimate of drug-likeness (QED) is 0.293. The molecule has 6 heteroatoms. The van der Waals surface area contributed by atoms with Gasteiger partial charge in [0.2, 0.25) is 5.91 Å². The van der Waals surface area contributed by atoms with Crippen LogP contribution in [0.1, 0.15) is 48.9 Å². The normalized spacial score (nSPS) is 25.8. The van der Waals surface area contributed by atoms with E-state index in [1.54, 1.807) is 24.5 Å². The van der Waals surface area contributed by atoms with Crippen molar-refractivity contribution in [2.45, 2.75) is 38.5 Å². The Balaban J connectivity index is 1.05. The third kappa shape index (κ3) is 4.10. The molecular formula is C31H30N4O2. The maximum Gasteiger partial charge on any atom is 0.255 e. The van der Waals surface area contributed by atoms with Crippen molar-refractivity contribution in [1.29, 1.82) is 0 Å². The summed E-state index contributed by atoms with van der Waals surface area (Å²) in [6, 6.07) is 19.4. The van der Waals surface area contributed by atoms with Gasteiger partial charge in [-0.2, -0.15) is 0 Å². The zero-order valence-corrected chi connectivity index (χ0v) is 20.7. The van der Waals surface area contributed by atoms with E-state index in [4.69, 9.17) is 0 Å². The monoisotopic (exact) mass is 490 g/mol. The Morgan fingerprint density at radius 1 is 0.784 bits per heavy atom. The smallest absolute Gasteiger partial charge is 0.255 e. The van der Waals surface area contributed by atoms with Crippen LogP contribution in [-0.2, 0) is 4.79 Å². The summed E-state index contributed by atoms with van der Waals surface area (Å²) in [6.45, 7) is 0. The lowest BCUT2D eigenvalue weighted by Gasteiger charge is -2.55. The number of rotatable bonds is 5. The second-order valence-electron chi connectivity index (χ2n) is 11.4. The Bertz CT molecular complexity index is 1450. The highest BCUT2D eigenvalue weighted by Gasteiger charge is 2.54. The lowest BCUT2D eigenvalue weighted by atomic mass is 9.49. The summed E-state index contributed by atoms with van der Waals surface area (Å²) in [7, 11) is 0. The van der Waals surface area contributed by atoms with Crippen LogP contribution in [0.4, 0.5) is 11.4 Å². The molecule has 4 aliphatic rings. The number of carbonyl (C=O) groups excluding carboxylic acids is 2. The third-order valence-corrected chi connectivity index (χ3v) is 8.79. The first-order valence-electron chi connectivity index (χ1n) is 13.3. The Labute approximate surface area is 215 Å². The van der Waals surface area contributed by atoms with Crippen molar-refractivity contribution in [3.05, 3.63) is 78.6 Å². The molecule has 0 aliphatic heterocycles. The molecular weight excluding hydrogens is 460 g/mol. The minimum atomic E-state index is -0.163. The second-order valence-corrected chi connectivity index (χ2v) is 11.4. The molecule has 4 aromatic rings. The molecule has 37 heavy (non-hydrogen) atoms. The van der Waals surface area contributed by atoms with Crippen LogP contribution in [0.3, 0.4) is 0 Å². The van der Waals surface area contributed by atoms with Gasteiger partial charge in [0.05, 0.1) is 5.41 Å². The highest BCUT2D eigenvalue weighted by atomic mass is 16.2.